The van der Waals surface area contributed by atoms with Gasteiger partial charge >= 0.3 is 0 Å². The molecule has 5 rings (SSSR count). The highest BCUT2D eigenvalue weighted by Gasteiger charge is 2.60. The lowest BCUT2D eigenvalue weighted by molar-refractivity contribution is -0.126. The molecule has 0 N–H and O–H groups in total. The zero-order valence-electron chi connectivity index (χ0n) is 20.4. The lowest BCUT2D eigenvalue weighted by atomic mass is 9.89. The molecule has 2 aliphatic rings. The summed E-state index contributed by atoms with van der Waals surface area (Å²) in [6.07, 6.45) is -0.0897. The van der Waals surface area contributed by atoms with E-state index in [2.05, 4.69) is 0 Å². The first-order chi connectivity index (χ1) is 17.6. The van der Waals surface area contributed by atoms with Crippen LogP contribution in [0.5, 0.6) is 17.2 Å². The molecule has 2 saturated heterocycles. The Balaban J connectivity index is 1.55. The van der Waals surface area contributed by atoms with E-state index < -0.39 is 24.0 Å². The maximum absolute atomic E-state index is 13.9. The van der Waals surface area contributed by atoms with Crippen LogP contribution in [0.4, 0.5) is 11.4 Å². The van der Waals surface area contributed by atoms with Gasteiger partial charge in [0.25, 0.3) is 5.91 Å². The van der Waals surface area contributed by atoms with E-state index in [1.807, 2.05) is 43.3 Å². The number of carbonyl (C=O) groups is 2. The van der Waals surface area contributed by atoms with Gasteiger partial charge in [0.1, 0.15) is 29.2 Å². The second kappa shape index (κ2) is 9.91. The number of amides is 2. The summed E-state index contributed by atoms with van der Waals surface area (Å²) in [5, 5.41) is 1.64. The van der Waals surface area contributed by atoms with Gasteiger partial charge in [-0.15, -0.1) is 0 Å². The van der Waals surface area contributed by atoms with Crippen LogP contribution in [-0.2, 0) is 14.4 Å². The minimum Gasteiger partial charge on any atom is -0.497 e. The van der Waals surface area contributed by atoms with Crippen molar-refractivity contribution in [3.8, 4) is 17.2 Å². The van der Waals surface area contributed by atoms with E-state index in [0.29, 0.717) is 35.1 Å². The molecule has 2 heterocycles. The summed E-state index contributed by atoms with van der Waals surface area (Å²) in [4.78, 5) is 34.8. The Morgan fingerprint density at radius 2 is 1.56 bits per heavy atom. The normalized spacial score (nSPS) is 21.0. The molecule has 3 aromatic rings. The second-order valence-electron chi connectivity index (χ2n) is 8.62. The van der Waals surface area contributed by atoms with E-state index in [1.54, 1.807) is 55.7 Å². The molecule has 0 spiro atoms. The predicted octanol–water partition coefficient (Wildman–Crippen LogP) is 4.54. The number of imide groups is 1. The van der Waals surface area contributed by atoms with Crippen molar-refractivity contribution in [3.05, 3.63) is 78.4 Å². The molecule has 0 aliphatic carbocycles. The van der Waals surface area contributed by atoms with Crippen molar-refractivity contribution in [2.24, 2.45) is 5.92 Å². The molecule has 8 nitrogen and oxygen atoms in total. The van der Waals surface area contributed by atoms with Crippen LogP contribution in [0.3, 0.4) is 0 Å². The van der Waals surface area contributed by atoms with E-state index in [-0.39, 0.29) is 5.91 Å². The number of ether oxygens (including phenoxy) is 3. The average molecular weight is 489 g/mol. The van der Waals surface area contributed by atoms with E-state index >= 15 is 0 Å². The Bertz CT molecular complexity index is 1250. The zero-order valence-corrected chi connectivity index (χ0v) is 20.4. The van der Waals surface area contributed by atoms with E-state index in [1.165, 1.54) is 4.90 Å². The van der Waals surface area contributed by atoms with E-state index in [0.717, 1.165) is 12.1 Å². The fourth-order valence-corrected chi connectivity index (χ4v) is 4.77. The van der Waals surface area contributed by atoms with Crippen LogP contribution < -0.4 is 24.2 Å². The number of nitrogens with zero attached hydrogens (tertiary/aromatic N) is 2. The van der Waals surface area contributed by atoms with Crippen LogP contribution >= 0.6 is 0 Å². The number of carbonyl (C=O) groups excluding carboxylic acids is 2. The molecule has 36 heavy (non-hydrogen) atoms. The zero-order chi connectivity index (χ0) is 25.2. The van der Waals surface area contributed by atoms with Crippen LogP contribution in [0.1, 0.15) is 24.9 Å². The quantitative estimate of drug-likeness (QED) is 0.431. The van der Waals surface area contributed by atoms with Gasteiger partial charge in [-0.1, -0.05) is 25.1 Å². The highest BCUT2D eigenvalue weighted by atomic mass is 16.7. The highest BCUT2D eigenvalue weighted by molar-refractivity contribution is 6.24. The first kappa shape index (κ1) is 23.7. The van der Waals surface area contributed by atoms with Gasteiger partial charge in [-0.25, -0.2) is 9.96 Å². The molecule has 186 valence electrons. The fourth-order valence-electron chi connectivity index (χ4n) is 4.77. The Kier molecular flexibility index (Phi) is 6.52. The summed E-state index contributed by atoms with van der Waals surface area (Å²) in [5.41, 5.74) is 1.90. The summed E-state index contributed by atoms with van der Waals surface area (Å²) in [6, 6.07) is 21.2. The van der Waals surface area contributed by atoms with Crippen molar-refractivity contribution in [2.75, 3.05) is 30.8 Å². The molecular weight excluding hydrogens is 460 g/mol. The van der Waals surface area contributed by atoms with Crippen LogP contribution in [0.15, 0.2) is 72.8 Å². The molecule has 8 heteroatoms. The molecule has 2 aliphatic heterocycles. The Morgan fingerprint density at radius 3 is 2.22 bits per heavy atom. The number of methoxy groups -OCH3 is 2. The third-order valence-corrected chi connectivity index (χ3v) is 6.45. The summed E-state index contributed by atoms with van der Waals surface area (Å²) >= 11 is 0. The van der Waals surface area contributed by atoms with Gasteiger partial charge in [0.2, 0.25) is 5.91 Å². The van der Waals surface area contributed by atoms with Crippen molar-refractivity contribution in [2.45, 2.75) is 25.5 Å². The Labute approximate surface area is 209 Å². The number of hydrogen-bond donors (Lipinski definition) is 0. The fraction of sp³-hybridized carbons (Fsp3) is 0.286. The van der Waals surface area contributed by atoms with Gasteiger partial charge in [-0.2, -0.15) is 0 Å². The molecular formula is C28H28N2O6. The van der Waals surface area contributed by atoms with Gasteiger partial charge in [0.05, 0.1) is 32.2 Å². The standard InChI is InChI=1S/C28H28N2O6/c1-4-16-35-20-12-10-18(11-13-20)29-27(31)24-25(22-17-21(33-2)14-15-23(22)34-3)30(36-26(24)28(29)32)19-8-6-5-7-9-19/h5-15,17,24-26H,4,16H2,1-3H3/t24-,25+,26-/m1/s1. The van der Waals surface area contributed by atoms with E-state index in [9.17, 15) is 9.59 Å². The largest absolute Gasteiger partial charge is 0.497 e. The van der Waals surface area contributed by atoms with Crippen molar-refractivity contribution >= 4 is 23.2 Å². The summed E-state index contributed by atoms with van der Waals surface area (Å²) in [7, 11) is 3.15. The average Bonchev–Trinajstić information content (AvgIpc) is 3.43. The van der Waals surface area contributed by atoms with Gasteiger partial charge in [0, 0.05) is 5.56 Å². The number of benzene rings is 3. The van der Waals surface area contributed by atoms with Crippen LogP contribution in [0, 0.1) is 5.92 Å². The molecule has 3 atom stereocenters. The number of rotatable bonds is 8. The number of hydrogen-bond acceptors (Lipinski definition) is 7. The number of para-hydroxylation sites is 1. The second-order valence-corrected chi connectivity index (χ2v) is 8.62. The molecule has 0 unspecified atom stereocenters. The van der Waals surface area contributed by atoms with Gasteiger partial charge in [-0.05, 0) is 61.0 Å². The van der Waals surface area contributed by atoms with Crippen molar-refractivity contribution in [1.29, 1.82) is 0 Å². The molecule has 0 saturated carbocycles. The number of fused-ring (bicyclic) bond motifs is 1. The third kappa shape index (κ3) is 4.03. The Hall–Kier alpha value is -4.04. The minimum absolute atomic E-state index is 0.333. The highest BCUT2D eigenvalue weighted by Crippen LogP contribution is 2.50. The minimum atomic E-state index is -0.977. The van der Waals surface area contributed by atoms with Crippen molar-refractivity contribution < 1.29 is 28.6 Å². The van der Waals surface area contributed by atoms with Crippen molar-refractivity contribution in [3.63, 3.8) is 0 Å². The number of hydroxylamine groups is 1. The maximum atomic E-state index is 13.9. The predicted molar refractivity (Wildman–Crippen MR) is 134 cm³/mol. The molecule has 2 amide bonds. The smallest absolute Gasteiger partial charge is 0.266 e. The number of anilines is 2. The van der Waals surface area contributed by atoms with Crippen LogP contribution in [0.25, 0.3) is 0 Å². The van der Waals surface area contributed by atoms with Gasteiger partial charge in [-0.3, -0.25) is 14.4 Å². The summed E-state index contributed by atoms with van der Waals surface area (Å²) < 4.78 is 16.7. The lowest BCUT2D eigenvalue weighted by Crippen LogP contribution is -2.37. The van der Waals surface area contributed by atoms with Gasteiger partial charge < -0.3 is 14.2 Å². The van der Waals surface area contributed by atoms with Crippen molar-refractivity contribution in [1.82, 2.24) is 0 Å². The summed E-state index contributed by atoms with van der Waals surface area (Å²) in [5.74, 6) is 0.346. The topological polar surface area (TPSA) is 77.5 Å². The monoisotopic (exact) mass is 488 g/mol. The lowest BCUT2D eigenvalue weighted by Gasteiger charge is -2.29. The van der Waals surface area contributed by atoms with Crippen LogP contribution in [0.2, 0.25) is 0 Å². The Morgan fingerprint density at radius 1 is 0.833 bits per heavy atom. The maximum Gasteiger partial charge on any atom is 0.266 e. The molecule has 0 radical (unpaired) electrons. The summed E-state index contributed by atoms with van der Waals surface area (Å²) in [6.45, 7) is 2.62. The van der Waals surface area contributed by atoms with Crippen LogP contribution in [-0.4, -0.2) is 38.7 Å². The molecule has 0 bridgehead atoms. The van der Waals surface area contributed by atoms with E-state index in [4.69, 9.17) is 19.0 Å². The molecule has 2 fully saturated rings. The van der Waals surface area contributed by atoms with Gasteiger partial charge in [0.15, 0.2) is 6.10 Å². The first-order valence-electron chi connectivity index (χ1n) is 11.9. The molecule has 3 aromatic carbocycles. The first-order valence-corrected chi connectivity index (χ1v) is 11.9. The SMILES string of the molecule is CCCOc1ccc(N2C(=O)[C@H]3[C@@H](ON(c4ccccc4)[C@H]3c3cc(OC)ccc3OC)C2=O)cc1. The molecule has 0 aromatic heterocycles. The third-order valence-electron chi connectivity index (χ3n) is 6.45.